The van der Waals surface area contributed by atoms with E-state index < -0.39 is 0 Å². The van der Waals surface area contributed by atoms with Crippen LogP contribution in [0.4, 0.5) is 5.69 Å². The second-order valence-electron chi connectivity index (χ2n) is 6.35. The minimum Gasteiger partial charge on any atom is -0.364 e. The molecule has 3 rings (SSSR count). The minimum absolute atomic E-state index is 0.0645. The van der Waals surface area contributed by atoms with Crippen molar-refractivity contribution in [2.45, 2.75) is 19.9 Å². The molecule has 7 nitrogen and oxygen atoms in total. The molecule has 0 saturated carbocycles. The summed E-state index contributed by atoms with van der Waals surface area (Å²) in [4.78, 5) is 24.8. The summed E-state index contributed by atoms with van der Waals surface area (Å²) >= 11 is 0. The monoisotopic (exact) mass is 342 g/mol. The van der Waals surface area contributed by atoms with Gasteiger partial charge < -0.3 is 20.5 Å². The van der Waals surface area contributed by atoms with Crippen molar-refractivity contribution in [3.05, 3.63) is 47.9 Å². The van der Waals surface area contributed by atoms with Crippen LogP contribution in [0.2, 0.25) is 0 Å². The highest BCUT2D eigenvalue weighted by Gasteiger charge is 2.31. The Morgan fingerprint density at radius 2 is 1.88 bits per heavy atom. The molecule has 0 spiro atoms. The third kappa shape index (κ3) is 4.67. The molecule has 1 aromatic heterocycles. The van der Waals surface area contributed by atoms with Gasteiger partial charge in [-0.1, -0.05) is 22.9 Å². The maximum absolute atomic E-state index is 12.5. The fraction of sp³-hybridized carbons (Fsp3) is 0.389. The molecule has 1 aliphatic heterocycles. The van der Waals surface area contributed by atoms with Crippen LogP contribution in [-0.2, 0) is 16.1 Å². The Bertz CT molecular complexity index is 712. The first kappa shape index (κ1) is 17.2. The van der Waals surface area contributed by atoms with Crippen LogP contribution in [0.15, 0.2) is 41.1 Å². The minimum atomic E-state index is -0.241. The van der Waals surface area contributed by atoms with Gasteiger partial charge in [0, 0.05) is 24.8 Å². The smallest absolute Gasteiger partial charge is 0.228 e. The second-order valence-corrected chi connectivity index (χ2v) is 6.35. The highest BCUT2D eigenvalue weighted by atomic mass is 16.5. The zero-order valence-electron chi connectivity index (χ0n) is 14.1. The molecule has 0 radical (unpaired) electrons. The van der Waals surface area contributed by atoms with E-state index in [1.54, 1.807) is 6.07 Å². The number of piperidine rings is 1. The first-order valence-corrected chi connectivity index (χ1v) is 8.37. The lowest BCUT2D eigenvalue weighted by Crippen LogP contribution is -2.47. The maximum atomic E-state index is 12.5. The van der Waals surface area contributed by atoms with Crippen LogP contribution in [0, 0.1) is 18.8 Å². The van der Waals surface area contributed by atoms with Crippen molar-refractivity contribution in [3.63, 3.8) is 0 Å². The van der Waals surface area contributed by atoms with E-state index in [2.05, 4.69) is 21.1 Å². The molecule has 3 N–H and O–H groups in total. The van der Waals surface area contributed by atoms with Crippen molar-refractivity contribution in [2.24, 2.45) is 11.8 Å². The number of rotatable bonds is 5. The third-order valence-electron chi connectivity index (χ3n) is 4.35. The fourth-order valence-corrected chi connectivity index (χ4v) is 2.87. The molecule has 2 amide bonds. The number of carbonyl (C=O) groups excluding carboxylic acids is 2. The summed E-state index contributed by atoms with van der Waals surface area (Å²) < 4.78 is 4.74. The number of hydrogen-bond donors (Lipinski definition) is 3. The van der Waals surface area contributed by atoms with E-state index >= 15 is 0 Å². The van der Waals surface area contributed by atoms with Gasteiger partial charge in [-0.2, -0.15) is 0 Å². The molecule has 2 heterocycles. The van der Waals surface area contributed by atoms with Crippen LogP contribution >= 0.6 is 0 Å². The Labute approximate surface area is 146 Å². The Balaban J connectivity index is 1.52. The Morgan fingerprint density at radius 3 is 2.56 bits per heavy atom. The predicted molar refractivity (Wildman–Crippen MR) is 92.6 cm³/mol. The van der Waals surface area contributed by atoms with Crippen LogP contribution < -0.4 is 16.0 Å². The number of anilines is 1. The molecule has 1 saturated heterocycles. The summed E-state index contributed by atoms with van der Waals surface area (Å²) in [5, 5.41) is 12.7. The van der Waals surface area contributed by atoms with E-state index in [9.17, 15) is 9.59 Å². The molecular weight excluding hydrogens is 320 g/mol. The molecule has 2 atom stereocenters. The first-order valence-electron chi connectivity index (χ1n) is 8.37. The van der Waals surface area contributed by atoms with Crippen LogP contribution in [0.25, 0.3) is 0 Å². The largest absolute Gasteiger partial charge is 0.364 e. The summed E-state index contributed by atoms with van der Waals surface area (Å²) in [6.45, 7) is 3.47. The van der Waals surface area contributed by atoms with E-state index in [1.165, 1.54) is 6.26 Å². The number of carbonyl (C=O) groups is 2. The molecule has 132 valence electrons. The molecule has 1 aliphatic rings. The summed E-state index contributed by atoms with van der Waals surface area (Å²) in [6.07, 6.45) is 1.99. The van der Waals surface area contributed by atoms with E-state index in [1.807, 2.05) is 31.2 Å². The van der Waals surface area contributed by atoms with E-state index in [0.717, 1.165) is 11.3 Å². The zero-order chi connectivity index (χ0) is 17.6. The predicted octanol–water partition coefficient (Wildman–Crippen LogP) is 1.46. The average molecular weight is 342 g/mol. The average Bonchev–Trinajstić information content (AvgIpc) is 3.15. The van der Waals surface area contributed by atoms with E-state index in [-0.39, 0.29) is 23.7 Å². The quantitative estimate of drug-likeness (QED) is 0.764. The molecular formula is C18H22N4O3. The molecule has 0 aliphatic carbocycles. The molecule has 0 unspecified atom stereocenters. The number of aryl methyl sites for hydroxylation is 1. The van der Waals surface area contributed by atoms with Crippen LogP contribution in [0.1, 0.15) is 17.7 Å². The number of amides is 2. The number of nitrogens with one attached hydrogen (secondary N) is 3. The number of hydrogen-bond acceptors (Lipinski definition) is 5. The lowest BCUT2D eigenvalue weighted by Gasteiger charge is -2.28. The van der Waals surface area contributed by atoms with Gasteiger partial charge in [0.1, 0.15) is 12.0 Å². The Hall–Kier alpha value is -2.67. The van der Waals surface area contributed by atoms with Crippen LogP contribution in [0.3, 0.4) is 0 Å². The fourth-order valence-electron chi connectivity index (χ4n) is 2.87. The molecule has 7 heteroatoms. The summed E-state index contributed by atoms with van der Waals surface area (Å²) in [5.74, 6) is -0.624. The molecule has 25 heavy (non-hydrogen) atoms. The van der Waals surface area contributed by atoms with E-state index in [0.29, 0.717) is 31.7 Å². The second kappa shape index (κ2) is 7.94. The standard InChI is InChI=1S/C18H22N4O3/c1-12-2-4-15(5-3-12)21-18(24)14-8-13(9-19-10-14)17(23)20-11-16-6-7-25-22-16/h2-7,13-14,19H,8-11H2,1H3,(H,20,23)(H,21,24)/t13-,14+/m1/s1. The van der Waals surface area contributed by atoms with Gasteiger partial charge in [-0.25, -0.2) is 0 Å². The van der Waals surface area contributed by atoms with Gasteiger partial charge in [-0.05, 0) is 25.5 Å². The molecule has 1 aromatic carbocycles. The highest BCUT2D eigenvalue weighted by molar-refractivity contribution is 5.93. The van der Waals surface area contributed by atoms with Crippen molar-refractivity contribution in [2.75, 3.05) is 18.4 Å². The summed E-state index contributed by atoms with van der Waals surface area (Å²) in [6, 6.07) is 9.37. The third-order valence-corrected chi connectivity index (χ3v) is 4.35. The van der Waals surface area contributed by atoms with Gasteiger partial charge in [0.05, 0.1) is 18.4 Å². The van der Waals surface area contributed by atoms with Crippen molar-refractivity contribution < 1.29 is 14.1 Å². The van der Waals surface area contributed by atoms with Gasteiger partial charge in [0.25, 0.3) is 0 Å². The maximum Gasteiger partial charge on any atom is 0.228 e. The number of nitrogens with zero attached hydrogens (tertiary/aromatic N) is 1. The Morgan fingerprint density at radius 1 is 1.16 bits per heavy atom. The van der Waals surface area contributed by atoms with Crippen molar-refractivity contribution in [1.82, 2.24) is 15.8 Å². The van der Waals surface area contributed by atoms with Crippen molar-refractivity contribution in [3.8, 4) is 0 Å². The summed E-state index contributed by atoms with van der Waals surface area (Å²) in [5.41, 5.74) is 2.58. The lowest BCUT2D eigenvalue weighted by molar-refractivity contribution is -0.127. The van der Waals surface area contributed by atoms with Crippen molar-refractivity contribution in [1.29, 1.82) is 0 Å². The van der Waals surface area contributed by atoms with E-state index in [4.69, 9.17) is 4.52 Å². The molecule has 1 fully saturated rings. The van der Waals surface area contributed by atoms with Crippen LogP contribution in [0.5, 0.6) is 0 Å². The van der Waals surface area contributed by atoms with Gasteiger partial charge in [-0.3, -0.25) is 9.59 Å². The van der Waals surface area contributed by atoms with Crippen molar-refractivity contribution >= 4 is 17.5 Å². The van der Waals surface area contributed by atoms with Gasteiger partial charge >= 0.3 is 0 Å². The van der Waals surface area contributed by atoms with Crippen LogP contribution in [-0.4, -0.2) is 30.1 Å². The summed E-state index contributed by atoms with van der Waals surface area (Å²) in [7, 11) is 0. The lowest BCUT2D eigenvalue weighted by atomic mass is 9.89. The number of benzene rings is 1. The highest BCUT2D eigenvalue weighted by Crippen LogP contribution is 2.19. The Kier molecular flexibility index (Phi) is 5.45. The van der Waals surface area contributed by atoms with Gasteiger partial charge in [0.2, 0.25) is 11.8 Å². The normalized spacial score (nSPS) is 20.0. The topological polar surface area (TPSA) is 96.3 Å². The molecule has 0 bridgehead atoms. The van der Waals surface area contributed by atoms with Gasteiger partial charge in [0.15, 0.2) is 0 Å². The first-order chi connectivity index (χ1) is 12.1. The SMILES string of the molecule is Cc1ccc(NC(=O)[C@@H]2CNC[C@H](C(=O)NCc3ccon3)C2)cc1. The zero-order valence-corrected chi connectivity index (χ0v) is 14.1. The van der Waals surface area contributed by atoms with Gasteiger partial charge in [-0.15, -0.1) is 0 Å². The molecule has 2 aromatic rings. The number of aromatic nitrogens is 1.